The summed E-state index contributed by atoms with van der Waals surface area (Å²) in [7, 11) is 0. The molecule has 8 nitrogen and oxygen atoms in total. The van der Waals surface area contributed by atoms with E-state index in [0.717, 1.165) is 11.3 Å². The highest BCUT2D eigenvalue weighted by Crippen LogP contribution is 2.35. The average Bonchev–Trinajstić information content (AvgIpc) is 3.16. The number of benzene rings is 1. The molecule has 0 spiro atoms. The summed E-state index contributed by atoms with van der Waals surface area (Å²) in [4.78, 5) is 41.0. The lowest BCUT2D eigenvalue weighted by Crippen LogP contribution is -2.30. The maximum absolute atomic E-state index is 12.3. The van der Waals surface area contributed by atoms with E-state index in [2.05, 4.69) is 15.3 Å². The van der Waals surface area contributed by atoms with Gasteiger partial charge in [0.25, 0.3) is 5.56 Å². The van der Waals surface area contributed by atoms with Crippen LogP contribution < -0.4 is 10.9 Å². The molecular formula is C18H21FN4O4S. The molecule has 1 aliphatic rings. The molecule has 2 aromatic rings. The van der Waals surface area contributed by atoms with Crippen LogP contribution in [0.1, 0.15) is 29.4 Å². The predicted molar refractivity (Wildman–Crippen MR) is 103 cm³/mol. The number of thioether (sulfide) groups is 1. The van der Waals surface area contributed by atoms with Crippen LogP contribution in [0.4, 0.5) is 4.39 Å². The molecule has 0 saturated carbocycles. The number of hydrogen-bond donors (Lipinski definition) is 3. The van der Waals surface area contributed by atoms with Crippen LogP contribution in [-0.2, 0) is 16.1 Å². The number of amides is 2. The van der Waals surface area contributed by atoms with E-state index in [1.165, 1.54) is 19.1 Å². The molecule has 0 aliphatic carbocycles. The van der Waals surface area contributed by atoms with Gasteiger partial charge in [0.15, 0.2) is 0 Å². The zero-order valence-electron chi connectivity index (χ0n) is 15.4. The van der Waals surface area contributed by atoms with Crippen molar-refractivity contribution >= 4 is 24.1 Å². The smallest absolute Gasteiger partial charge is 0.293 e. The van der Waals surface area contributed by atoms with Gasteiger partial charge in [0, 0.05) is 25.8 Å². The van der Waals surface area contributed by atoms with Crippen molar-refractivity contribution in [3.63, 3.8) is 0 Å². The molecule has 0 bridgehead atoms. The van der Waals surface area contributed by atoms with Gasteiger partial charge < -0.3 is 20.3 Å². The summed E-state index contributed by atoms with van der Waals surface area (Å²) in [5.41, 5.74) is 0.599. The molecule has 3 rings (SSSR count). The molecular weight excluding hydrogens is 387 g/mol. The molecule has 2 heterocycles. The van der Waals surface area contributed by atoms with Crippen LogP contribution in [0.25, 0.3) is 0 Å². The van der Waals surface area contributed by atoms with Crippen molar-refractivity contribution < 1.29 is 19.1 Å². The Bertz CT molecular complexity index is 888. The summed E-state index contributed by atoms with van der Waals surface area (Å²) >= 11 is 1.55. The topological polar surface area (TPSA) is 115 Å². The van der Waals surface area contributed by atoms with E-state index in [1.54, 1.807) is 35.7 Å². The zero-order valence-corrected chi connectivity index (χ0v) is 16.3. The third-order valence-electron chi connectivity index (χ3n) is 3.92. The van der Waals surface area contributed by atoms with E-state index >= 15 is 0 Å². The van der Waals surface area contributed by atoms with E-state index in [1.807, 2.05) is 0 Å². The van der Waals surface area contributed by atoms with Crippen LogP contribution in [0.5, 0.6) is 5.75 Å². The second-order valence-electron chi connectivity index (χ2n) is 5.95. The van der Waals surface area contributed by atoms with Gasteiger partial charge in [-0.25, -0.2) is 9.37 Å². The van der Waals surface area contributed by atoms with Gasteiger partial charge >= 0.3 is 0 Å². The molecule has 150 valence electrons. The van der Waals surface area contributed by atoms with Crippen molar-refractivity contribution in [2.45, 2.75) is 25.8 Å². The largest absolute Gasteiger partial charge is 0.502 e. The Labute approximate surface area is 165 Å². The quantitative estimate of drug-likeness (QED) is 0.660. The number of H-pyrrole nitrogens is 1. The van der Waals surface area contributed by atoms with Gasteiger partial charge in [0.1, 0.15) is 17.0 Å². The number of rotatable bonds is 4. The molecule has 1 aromatic heterocycles. The number of hydrogen-bond acceptors (Lipinski definition) is 6. The SMILES string of the molecule is CC(=O)N1CCSC1c1nc(C)c(O)c(=O)[nH]1.O=CNCc1ccc(F)cc1. The third kappa shape index (κ3) is 5.56. The van der Waals surface area contributed by atoms with Gasteiger partial charge in [-0.15, -0.1) is 11.8 Å². The highest BCUT2D eigenvalue weighted by atomic mass is 32.2. The van der Waals surface area contributed by atoms with Gasteiger partial charge in [0.2, 0.25) is 18.1 Å². The van der Waals surface area contributed by atoms with Crippen LogP contribution in [0.15, 0.2) is 29.1 Å². The zero-order chi connectivity index (χ0) is 20.7. The van der Waals surface area contributed by atoms with Gasteiger partial charge in [-0.05, 0) is 24.6 Å². The molecule has 1 unspecified atom stereocenters. The molecule has 28 heavy (non-hydrogen) atoms. The first-order valence-corrected chi connectivity index (χ1v) is 9.48. The third-order valence-corrected chi connectivity index (χ3v) is 5.13. The summed E-state index contributed by atoms with van der Waals surface area (Å²) < 4.78 is 12.3. The Hall–Kier alpha value is -2.88. The van der Waals surface area contributed by atoms with Crippen LogP contribution in [0, 0.1) is 12.7 Å². The minimum absolute atomic E-state index is 0.0478. The Morgan fingerprint density at radius 3 is 2.71 bits per heavy atom. The van der Waals surface area contributed by atoms with Crippen molar-refractivity contribution in [3.05, 3.63) is 57.5 Å². The van der Waals surface area contributed by atoms with E-state index < -0.39 is 5.56 Å². The molecule has 0 radical (unpaired) electrons. The number of halogens is 1. The molecule has 1 saturated heterocycles. The lowest BCUT2D eigenvalue weighted by atomic mass is 10.2. The van der Waals surface area contributed by atoms with Gasteiger partial charge in [-0.2, -0.15) is 0 Å². The van der Waals surface area contributed by atoms with Crippen molar-refractivity contribution in [2.75, 3.05) is 12.3 Å². The van der Waals surface area contributed by atoms with E-state index in [9.17, 15) is 23.9 Å². The number of aryl methyl sites for hydroxylation is 1. The van der Waals surface area contributed by atoms with Crippen LogP contribution in [-0.4, -0.2) is 44.6 Å². The number of aromatic amines is 1. The first-order valence-electron chi connectivity index (χ1n) is 8.43. The molecule has 1 aliphatic heterocycles. The number of nitrogens with one attached hydrogen (secondary N) is 2. The van der Waals surface area contributed by atoms with E-state index in [0.29, 0.717) is 25.3 Å². The minimum Gasteiger partial charge on any atom is -0.502 e. The average molecular weight is 408 g/mol. The number of carbonyl (C=O) groups is 2. The molecule has 1 aromatic carbocycles. The normalized spacial score (nSPS) is 15.5. The highest BCUT2D eigenvalue weighted by Gasteiger charge is 2.31. The second kappa shape index (κ2) is 9.88. The Morgan fingerprint density at radius 1 is 1.46 bits per heavy atom. The second-order valence-corrected chi connectivity index (χ2v) is 7.13. The Morgan fingerprint density at radius 2 is 2.14 bits per heavy atom. The van der Waals surface area contributed by atoms with Gasteiger partial charge in [-0.1, -0.05) is 12.1 Å². The molecule has 1 atom stereocenters. The fourth-order valence-electron chi connectivity index (χ4n) is 2.50. The maximum Gasteiger partial charge on any atom is 0.293 e. The molecule has 1 fully saturated rings. The summed E-state index contributed by atoms with van der Waals surface area (Å²) in [5, 5.41) is 11.6. The molecule has 3 N–H and O–H groups in total. The van der Waals surface area contributed by atoms with Gasteiger partial charge in [0.05, 0.1) is 5.69 Å². The standard InChI is InChI=1S/C10H13N3O3S.C8H8FNO/c1-5-7(15)9(16)12-8(11-5)10-13(6(2)14)3-4-17-10;9-8-3-1-7(2-4-8)5-10-6-11/h10,15H,3-4H2,1-2H3,(H,11,12,16);1-4,6H,5H2,(H,10,11). The summed E-state index contributed by atoms with van der Waals surface area (Å²) in [6, 6.07) is 5.99. The maximum atomic E-state index is 12.3. The fraction of sp³-hybridized carbons (Fsp3) is 0.333. The number of carbonyl (C=O) groups excluding carboxylic acids is 2. The van der Waals surface area contributed by atoms with Crippen molar-refractivity contribution in [1.29, 1.82) is 0 Å². The number of aromatic nitrogens is 2. The van der Waals surface area contributed by atoms with Crippen LogP contribution in [0.2, 0.25) is 0 Å². The van der Waals surface area contributed by atoms with Crippen molar-refractivity contribution in [3.8, 4) is 5.75 Å². The Balaban J connectivity index is 0.000000221. The minimum atomic E-state index is -0.566. The molecule has 2 amide bonds. The molecule has 10 heteroatoms. The summed E-state index contributed by atoms with van der Waals surface area (Å²) in [6.45, 7) is 4.15. The first-order chi connectivity index (χ1) is 13.3. The van der Waals surface area contributed by atoms with Gasteiger partial charge in [-0.3, -0.25) is 14.4 Å². The summed E-state index contributed by atoms with van der Waals surface area (Å²) in [5.74, 6) is 0.552. The fourth-order valence-corrected chi connectivity index (χ4v) is 3.73. The lowest BCUT2D eigenvalue weighted by molar-refractivity contribution is -0.129. The van der Waals surface area contributed by atoms with Crippen LogP contribution >= 0.6 is 11.8 Å². The lowest BCUT2D eigenvalue weighted by Gasteiger charge is -2.21. The van der Waals surface area contributed by atoms with Crippen molar-refractivity contribution in [2.24, 2.45) is 0 Å². The number of nitrogens with zero attached hydrogens (tertiary/aromatic N) is 2. The first kappa shape index (κ1) is 21.4. The summed E-state index contributed by atoms with van der Waals surface area (Å²) in [6.07, 6.45) is 0.614. The van der Waals surface area contributed by atoms with E-state index in [4.69, 9.17) is 0 Å². The van der Waals surface area contributed by atoms with E-state index in [-0.39, 0.29) is 28.5 Å². The van der Waals surface area contributed by atoms with Crippen LogP contribution in [0.3, 0.4) is 0 Å². The number of aromatic hydroxyl groups is 1. The monoisotopic (exact) mass is 408 g/mol. The predicted octanol–water partition coefficient (Wildman–Crippen LogP) is 1.45. The Kier molecular flexibility index (Phi) is 7.56. The highest BCUT2D eigenvalue weighted by molar-refractivity contribution is 7.99. The van der Waals surface area contributed by atoms with Crippen molar-refractivity contribution in [1.82, 2.24) is 20.2 Å².